The van der Waals surface area contributed by atoms with Crippen molar-refractivity contribution in [2.75, 3.05) is 12.3 Å². The summed E-state index contributed by atoms with van der Waals surface area (Å²) >= 11 is 0. The second kappa shape index (κ2) is 6.34. The zero-order valence-corrected chi connectivity index (χ0v) is 11.8. The number of aryl methyl sites for hydroxylation is 1. The standard InChI is InChI=1S/C15H19N3O2/c1-3-13-17-14(16)10(2)15(18-13)20-12-7-5-4-6-11(12)8-9-19/h4-7,19H,3,8-9H2,1-2H3,(H2,16,17,18). The molecule has 1 heterocycles. The summed E-state index contributed by atoms with van der Waals surface area (Å²) in [4.78, 5) is 8.57. The molecule has 0 aliphatic heterocycles. The van der Waals surface area contributed by atoms with E-state index in [0.717, 1.165) is 11.1 Å². The monoisotopic (exact) mass is 273 g/mol. The van der Waals surface area contributed by atoms with Crippen LogP contribution in [0.2, 0.25) is 0 Å². The van der Waals surface area contributed by atoms with Gasteiger partial charge in [0.25, 0.3) is 0 Å². The van der Waals surface area contributed by atoms with Gasteiger partial charge < -0.3 is 15.6 Å². The summed E-state index contributed by atoms with van der Waals surface area (Å²) in [5.41, 5.74) is 7.53. The number of hydrogen-bond acceptors (Lipinski definition) is 5. The summed E-state index contributed by atoms with van der Waals surface area (Å²) in [5, 5.41) is 9.09. The molecule has 0 radical (unpaired) electrons. The maximum atomic E-state index is 9.09. The molecule has 0 fully saturated rings. The van der Waals surface area contributed by atoms with Crippen LogP contribution in [0.3, 0.4) is 0 Å². The highest BCUT2D eigenvalue weighted by Crippen LogP contribution is 2.28. The van der Waals surface area contributed by atoms with E-state index in [0.29, 0.717) is 36.1 Å². The van der Waals surface area contributed by atoms with Crippen LogP contribution >= 0.6 is 0 Å². The molecule has 0 spiro atoms. The van der Waals surface area contributed by atoms with Gasteiger partial charge in [0.1, 0.15) is 17.4 Å². The van der Waals surface area contributed by atoms with E-state index in [1.54, 1.807) is 0 Å². The van der Waals surface area contributed by atoms with Gasteiger partial charge in [0.05, 0.1) is 5.56 Å². The normalized spacial score (nSPS) is 10.6. The molecule has 5 heteroatoms. The largest absolute Gasteiger partial charge is 0.438 e. The second-order valence-electron chi connectivity index (χ2n) is 4.49. The minimum absolute atomic E-state index is 0.0749. The van der Waals surface area contributed by atoms with Crippen LogP contribution < -0.4 is 10.5 Å². The molecule has 20 heavy (non-hydrogen) atoms. The maximum absolute atomic E-state index is 9.09. The maximum Gasteiger partial charge on any atom is 0.227 e. The molecular weight excluding hydrogens is 254 g/mol. The molecule has 0 amide bonds. The molecule has 106 valence electrons. The van der Waals surface area contributed by atoms with Gasteiger partial charge in [-0.3, -0.25) is 0 Å². The van der Waals surface area contributed by atoms with Crippen molar-refractivity contribution in [3.05, 3.63) is 41.2 Å². The number of anilines is 1. The first-order chi connectivity index (χ1) is 9.65. The quantitative estimate of drug-likeness (QED) is 0.873. The van der Waals surface area contributed by atoms with Crippen molar-refractivity contribution in [3.63, 3.8) is 0 Å². The molecule has 0 saturated carbocycles. The summed E-state index contributed by atoms with van der Waals surface area (Å²) in [6.45, 7) is 3.87. The van der Waals surface area contributed by atoms with Crippen LogP contribution in [0.4, 0.5) is 5.82 Å². The number of para-hydroxylation sites is 1. The third-order valence-corrected chi connectivity index (χ3v) is 3.06. The predicted molar refractivity (Wildman–Crippen MR) is 77.9 cm³/mol. The molecule has 2 rings (SSSR count). The third kappa shape index (κ3) is 3.05. The first-order valence-corrected chi connectivity index (χ1v) is 6.65. The Kier molecular flexibility index (Phi) is 4.53. The number of aliphatic hydroxyl groups excluding tert-OH is 1. The molecule has 0 aliphatic carbocycles. The van der Waals surface area contributed by atoms with E-state index in [-0.39, 0.29) is 6.61 Å². The third-order valence-electron chi connectivity index (χ3n) is 3.06. The highest BCUT2D eigenvalue weighted by atomic mass is 16.5. The number of rotatable bonds is 5. The van der Waals surface area contributed by atoms with E-state index in [9.17, 15) is 0 Å². The molecule has 0 unspecified atom stereocenters. The van der Waals surface area contributed by atoms with E-state index in [1.807, 2.05) is 38.1 Å². The van der Waals surface area contributed by atoms with Crippen molar-refractivity contribution in [1.82, 2.24) is 9.97 Å². The van der Waals surface area contributed by atoms with Crippen LogP contribution in [-0.4, -0.2) is 21.7 Å². The van der Waals surface area contributed by atoms with E-state index in [2.05, 4.69) is 9.97 Å². The number of nitrogens with two attached hydrogens (primary N) is 1. The van der Waals surface area contributed by atoms with Gasteiger partial charge in [-0.05, 0) is 25.0 Å². The van der Waals surface area contributed by atoms with Crippen LogP contribution in [0, 0.1) is 6.92 Å². The fourth-order valence-electron chi connectivity index (χ4n) is 1.85. The Balaban J connectivity index is 2.37. The SMILES string of the molecule is CCc1nc(N)c(C)c(Oc2ccccc2CCO)n1. The van der Waals surface area contributed by atoms with Gasteiger partial charge in [-0.1, -0.05) is 25.1 Å². The lowest BCUT2D eigenvalue weighted by Gasteiger charge is -2.13. The zero-order valence-electron chi connectivity index (χ0n) is 11.8. The number of nitrogen functional groups attached to an aromatic ring is 1. The minimum atomic E-state index is 0.0749. The predicted octanol–water partition coefficient (Wildman–Crippen LogP) is 2.26. The molecule has 0 saturated heterocycles. The fraction of sp³-hybridized carbons (Fsp3) is 0.333. The van der Waals surface area contributed by atoms with Crippen molar-refractivity contribution in [2.24, 2.45) is 0 Å². The average Bonchev–Trinajstić information content (AvgIpc) is 2.46. The van der Waals surface area contributed by atoms with Gasteiger partial charge in [-0.15, -0.1) is 0 Å². The number of aliphatic hydroxyl groups is 1. The van der Waals surface area contributed by atoms with Gasteiger partial charge in [0, 0.05) is 13.0 Å². The lowest BCUT2D eigenvalue weighted by molar-refractivity contribution is 0.297. The number of hydrogen-bond donors (Lipinski definition) is 2. The molecular formula is C15H19N3O2. The van der Waals surface area contributed by atoms with Crippen molar-refractivity contribution < 1.29 is 9.84 Å². The highest BCUT2D eigenvalue weighted by molar-refractivity contribution is 5.47. The van der Waals surface area contributed by atoms with Crippen molar-refractivity contribution >= 4 is 5.82 Å². The fourth-order valence-corrected chi connectivity index (χ4v) is 1.85. The Morgan fingerprint density at radius 3 is 2.70 bits per heavy atom. The van der Waals surface area contributed by atoms with E-state index in [1.165, 1.54) is 0 Å². The first-order valence-electron chi connectivity index (χ1n) is 6.65. The Morgan fingerprint density at radius 1 is 1.25 bits per heavy atom. The van der Waals surface area contributed by atoms with Gasteiger partial charge in [-0.2, -0.15) is 4.98 Å². The number of aromatic nitrogens is 2. The molecule has 1 aromatic heterocycles. The first kappa shape index (κ1) is 14.3. The second-order valence-corrected chi connectivity index (χ2v) is 4.49. The Hall–Kier alpha value is -2.14. The molecule has 3 N–H and O–H groups in total. The summed E-state index contributed by atoms with van der Waals surface area (Å²) in [6, 6.07) is 7.58. The Labute approximate surface area is 118 Å². The molecule has 5 nitrogen and oxygen atoms in total. The van der Waals surface area contributed by atoms with Crippen molar-refractivity contribution in [3.8, 4) is 11.6 Å². The van der Waals surface area contributed by atoms with Crippen LogP contribution in [0.5, 0.6) is 11.6 Å². The molecule has 0 aliphatic rings. The Morgan fingerprint density at radius 2 is 2.00 bits per heavy atom. The molecule has 1 aromatic carbocycles. The van der Waals surface area contributed by atoms with Crippen LogP contribution in [0.25, 0.3) is 0 Å². The van der Waals surface area contributed by atoms with Crippen LogP contribution in [0.15, 0.2) is 24.3 Å². The average molecular weight is 273 g/mol. The van der Waals surface area contributed by atoms with Crippen LogP contribution in [-0.2, 0) is 12.8 Å². The topological polar surface area (TPSA) is 81.3 Å². The summed E-state index contributed by atoms with van der Waals surface area (Å²) in [6.07, 6.45) is 1.23. The summed E-state index contributed by atoms with van der Waals surface area (Å²) in [7, 11) is 0. The molecule has 0 bridgehead atoms. The minimum Gasteiger partial charge on any atom is -0.438 e. The lowest BCUT2D eigenvalue weighted by Crippen LogP contribution is -2.05. The van der Waals surface area contributed by atoms with Gasteiger partial charge in [0.15, 0.2) is 0 Å². The lowest BCUT2D eigenvalue weighted by atomic mass is 10.1. The van der Waals surface area contributed by atoms with E-state index in [4.69, 9.17) is 15.6 Å². The van der Waals surface area contributed by atoms with Gasteiger partial charge in [-0.25, -0.2) is 4.98 Å². The summed E-state index contributed by atoms with van der Waals surface area (Å²) < 4.78 is 5.87. The van der Waals surface area contributed by atoms with Gasteiger partial charge in [0.2, 0.25) is 5.88 Å². The summed E-state index contributed by atoms with van der Waals surface area (Å²) in [5.74, 6) is 2.25. The molecule has 0 atom stereocenters. The van der Waals surface area contributed by atoms with Crippen molar-refractivity contribution in [2.45, 2.75) is 26.7 Å². The molecule has 2 aromatic rings. The smallest absolute Gasteiger partial charge is 0.227 e. The number of nitrogens with zero attached hydrogens (tertiary/aromatic N) is 2. The number of ether oxygens (including phenoxy) is 1. The zero-order chi connectivity index (χ0) is 14.5. The van der Waals surface area contributed by atoms with E-state index < -0.39 is 0 Å². The van der Waals surface area contributed by atoms with Crippen LogP contribution in [0.1, 0.15) is 23.9 Å². The van der Waals surface area contributed by atoms with E-state index >= 15 is 0 Å². The highest BCUT2D eigenvalue weighted by Gasteiger charge is 2.12. The van der Waals surface area contributed by atoms with Gasteiger partial charge >= 0.3 is 0 Å². The number of benzene rings is 1. The Bertz CT molecular complexity index is 600. The van der Waals surface area contributed by atoms with Crippen molar-refractivity contribution in [1.29, 1.82) is 0 Å².